The van der Waals surface area contributed by atoms with E-state index in [1.54, 1.807) is 0 Å². The summed E-state index contributed by atoms with van der Waals surface area (Å²) in [6.07, 6.45) is 8.17. The zero-order valence-corrected chi connectivity index (χ0v) is 12.2. The Labute approximate surface area is 120 Å². The van der Waals surface area contributed by atoms with E-state index in [9.17, 15) is 5.11 Å². The normalized spacial score (nSPS) is 35.5. The van der Waals surface area contributed by atoms with Crippen LogP contribution in [-0.4, -0.2) is 10.6 Å². The summed E-state index contributed by atoms with van der Waals surface area (Å²) in [4.78, 5) is 0. The molecule has 0 aromatic heterocycles. The summed E-state index contributed by atoms with van der Waals surface area (Å²) in [5, 5.41) is 9.69. The Morgan fingerprint density at radius 3 is 2.80 bits per heavy atom. The molecular weight excluding hydrogens is 246 g/mol. The second-order valence-corrected chi connectivity index (χ2v) is 7.18. The van der Waals surface area contributed by atoms with Gasteiger partial charge in [-0.25, -0.2) is 0 Å². The van der Waals surface area contributed by atoms with Crippen LogP contribution in [0.2, 0.25) is 0 Å². The molecule has 0 saturated heterocycles. The van der Waals surface area contributed by atoms with Crippen LogP contribution in [0, 0.1) is 5.41 Å². The first-order chi connectivity index (χ1) is 9.53. The first kappa shape index (κ1) is 12.5. The maximum Gasteiger partial charge on any atom is 0.115 e. The highest BCUT2D eigenvalue weighted by Crippen LogP contribution is 2.59. The molecule has 3 N–H and O–H groups in total. The van der Waals surface area contributed by atoms with Gasteiger partial charge in [0.2, 0.25) is 0 Å². The lowest BCUT2D eigenvalue weighted by Crippen LogP contribution is -2.54. The second-order valence-electron chi connectivity index (χ2n) is 7.18. The molecule has 2 atom stereocenters. The van der Waals surface area contributed by atoms with Crippen LogP contribution in [0.3, 0.4) is 0 Å². The fourth-order valence-corrected chi connectivity index (χ4v) is 4.98. The van der Waals surface area contributed by atoms with Gasteiger partial charge in [0.05, 0.1) is 0 Å². The largest absolute Gasteiger partial charge is 0.508 e. The van der Waals surface area contributed by atoms with Gasteiger partial charge >= 0.3 is 0 Å². The van der Waals surface area contributed by atoms with Gasteiger partial charge in [0.25, 0.3) is 0 Å². The smallest absolute Gasteiger partial charge is 0.115 e. The number of nitrogens with two attached hydrogens (primary N) is 1. The summed E-state index contributed by atoms with van der Waals surface area (Å²) in [7, 11) is 0. The topological polar surface area (TPSA) is 46.2 Å². The van der Waals surface area contributed by atoms with Crippen LogP contribution in [0.25, 0.3) is 5.57 Å². The number of fused-ring (bicyclic) bond motifs is 4. The van der Waals surface area contributed by atoms with E-state index in [2.05, 4.69) is 13.0 Å². The molecule has 0 bridgehead atoms. The Morgan fingerprint density at radius 1 is 1.10 bits per heavy atom. The number of hydrogen-bond acceptors (Lipinski definition) is 2. The lowest BCUT2D eigenvalue weighted by molar-refractivity contribution is 0.187. The summed E-state index contributed by atoms with van der Waals surface area (Å²) in [5.41, 5.74) is 12.8. The van der Waals surface area contributed by atoms with Crippen molar-refractivity contribution < 1.29 is 5.11 Å². The molecule has 4 rings (SSSR count). The summed E-state index contributed by atoms with van der Waals surface area (Å²) < 4.78 is 0. The van der Waals surface area contributed by atoms with Crippen molar-refractivity contribution in [3.05, 3.63) is 34.9 Å². The number of hydrogen-bond donors (Lipinski definition) is 2. The first-order valence-electron chi connectivity index (χ1n) is 7.87. The molecule has 0 amide bonds. The number of aromatic hydroxyl groups is 1. The molecule has 3 aliphatic rings. The lowest BCUT2D eigenvalue weighted by atomic mass is 9.59. The fraction of sp³-hybridized carbons (Fsp3) is 0.556. The molecule has 0 heterocycles. The maximum absolute atomic E-state index is 9.69. The number of aryl methyl sites for hydroxylation is 1. The molecule has 106 valence electrons. The van der Waals surface area contributed by atoms with E-state index in [1.165, 1.54) is 41.5 Å². The van der Waals surface area contributed by atoms with E-state index in [4.69, 9.17) is 5.73 Å². The molecular formula is C18H23NO. The van der Waals surface area contributed by atoms with Gasteiger partial charge in [-0.05, 0) is 78.3 Å². The van der Waals surface area contributed by atoms with Gasteiger partial charge in [0.1, 0.15) is 5.75 Å². The summed E-state index contributed by atoms with van der Waals surface area (Å²) in [5.74, 6) is 0.386. The number of rotatable bonds is 0. The molecule has 0 radical (unpaired) electrons. The zero-order valence-electron chi connectivity index (χ0n) is 12.2. The summed E-state index contributed by atoms with van der Waals surface area (Å²) >= 11 is 0. The van der Waals surface area contributed by atoms with Crippen LogP contribution >= 0.6 is 0 Å². The van der Waals surface area contributed by atoms with Crippen molar-refractivity contribution >= 4 is 5.57 Å². The van der Waals surface area contributed by atoms with Gasteiger partial charge < -0.3 is 10.8 Å². The average molecular weight is 269 g/mol. The molecule has 2 heteroatoms. The Kier molecular flexibility index (Phi) is 2.42. The zero-order chi connectivity index (χ0) is 14.0. The van der Waals surface area contributed by atoms with Crippen molar-refractivity contribution in [1.29, 1.82) is 0 Å². The number of phenolic OH excluding ortho intramolecular Hbond substituents is 1. The minimum absolute atomic E-state index is 0.0733. The van der Waals surface area contributed by atoms with E-state index in [-0.39, 0.29) is 5.54 Å². The number of phenols is 1. The average Bonchev–Trinajstić information content (AvgIpc) is 2.74. The lowest BCUT2D eigenvalue weighted by Gasteiger charge is -2.49. The molecule has 0 spiro atoms. The first-order valence-corrected chi connectivity index (χ1v) is 7.87. The van der Waals surface area contributed by atoms with E-state index in [0.29, 0.717) is 11.2 Å². The Balaban J connectivity index is 1.90. The van der Waals surface area contributed by atoms with Crippen molar-refractivity contribution in [3.8, 4) is 5.75 Å². The summed E-state index contributed by atoms with van der Waals surface area (Å²) in [6.45, 7) is 2.40. The summed E-state index contributed by atoms with van der Waals surface area (Å²) in [6, 6.07) is 5.85. The van der Waals surface area contributed by atoms with Crippen molar-refractivity contribution in [1.82, 2.24) is 0 Å². The third kappa shape index (κ3) is 1.43. The quantitative estimate of drug-likeness (QED) is 0.753. The highest BCUT2D eigenvalue weighted by atomic mass is 16.3. The van der Waals surface area contributed by atoms with Gasteiger partial charge in [-0.3, -0.25) is 0 Å². The molecule has 20 heavy (non-hydrogen) atoms. The van der Waals surface area contributed by atoms with Gasteiger partial charge in [-0.1, -0.05) is 19.4 Å². The van der Waals surface area contributed by atoms with E-state index in [1.807, 2.05) is 12.1 Å². The van der Waals surface area contributed by atoms with E-state index >= 15 is 0 Å². The van der Waals surface area contributed by atoms with Crippen LogP contribution in [0.15, 0.2) is 23.8 Å². The van der Waals surface area contributed by atoms with Crippen molar-refractivity contribution in [2.45, 2.75) is 57.4 Å². The predicted octanol–water partition coefficient (Wildman–Crippen LogP) is 3.77. The SMILES string of the molecule is C[C@]12CCCC1(N)C1=C(CC2)c2ccc(O)cc2CC1. The highest BCUT2D eigenvalue weighted by molar-refractivity contribution is 5.77. The van der Waals surface area contributed by atoms with Gasteiger partial charge in [0, 0.05) is 5.54 Å². The molecule has 0 aliphatic heterocycles. The van der Waals surface area contributed by atoms with Crippen molar-refractivity contribution in [3.63, 3.8) is 0 Å². The van der Waals surface area contributed by atoms with E-state index < -0.39 is 0 Å². The van der Waals surface area contributed by atoms with Crippen molar-refractivity contribution in [2.24, 2.45) is 11.1 Å². The Hall–Kier alpha value is -1.28. The fourth-order valence-electron chi connectivity index (χ4n) is 4.98. The maximum atomic E-state index is 9.69. The van der Waals surface area contributed by atoms with Crippen molar-refractivity contribution in [2.75, 3.05) is 0 Å². The molecule has 1 aromatic rings. The van der Waals surface area contributed by atoms with Crippen LogP contribution in [0.1, 0.15) is 56.6 Å². The number of allylic oxidation sites excluding steroid dienone is 1. The number of benzene rings is 1. The Bertz CT molecular complexity index is 618. The van der Waals surface area contributed by atoms with Gasteiger partial charge in [-0.15, -0.1) is 0 Å². The predicted molar refractivity (Wildman–Crippen MR) is 81.5 cm³/mol. The second kappa shape index (κ2) is 3.88. The minimum Gasteiger partial charge on any atom is -0.508 e. The molecule has 1 fully saturated rings. The van der Waals surface area contributed by atoms with Gasteiger partial charge in [-0.2, -0.15) is 0 Å². The van der Waals surface area contributed by atoms with Crippen LogP contribution in [0.4, 0.5) is 0 Å². The minimum atomic E-state index is -0.0733. The third-order valence-electron chi connectivity index (χ3n) is 6.26. The molecule has 3 aliphatic carbocycles. The van der Waals surface area contributed by atoms with Crippen LogP contribution in [0.5, 0.6) is 5.75 Å². The standard InChI is InChI=1S/C18H23NO/c1-17-8-2-9-18(17,19)16-6-3-12-11-13(20)4-5-14(12)15(16)7-10-17/h4-5,11,20H,2-3,6-10,19H2,1H3/t17-,18?/m1/s1. The van der Waals surface area contributed by atoms with Crippen LogP contribution < -0.4 is 5.73 Å². The van der Waals surface area contributed by atoms with E-state index in [0.717, 1.165) is 25.7 Å². The molecule has 2 nitrogen and oxygen atoms in total. The molecule has 1 aromatic carbocycles. The van der Waals surface area contributed by atoms with Gasteiger partial charge in [0.15, 0.2) is 0 Å². The van der Waals surface area contributed by atoms with Crippen LogP contribution in [-0.2, 0) is 6.42 Å². The Morgan fingerprint density at radius 2 is 1.95 bits per heavy atom. The highest BCUT2D eigenvalue weighted by Gasteiger charge is 2.54. The molecule has 1 saturated carbocycles. The monoisotopic (exact) mass is 269 g/mol. The molecule has 1 unspecified atom stereocenters. The third-order valence-corrected chi connectivity index (χ3v) is 6.26.